The van der Waals surface area contributed by atoms with E-state index in [1.54, 1.807) is 6.07 Å². The van der Waals surface area contributed by atoms with Gasteiger partial charge in [-0.15, -0.1) is 0 Å². The number of nitrogens with one attached hydrogen (secondary N) is 2. The lowest BCUT2D eigenvalue weighted by Crippen LogP contribution is -2.09. The van der Waals surface area contributed by atoms with Crippen molar-refractivity contribution in [2.24, 2.45) is 0 Å². The highest BCUT2D eigenvalue weighted by molar-refractivity contribution is 5.94. The standard InChI is InChI=1S/C23H22N2O2/c1-16(26)24-21-13-20(14-22(15-21)25-17(2)27)23-11-7-6-10-19(23)12-18-8-4-3-5-9-18/h3-11,13-15H,12H2,1-2H3,(H,24,26)(H,25,27). The number of hydrogen-bond donors (Lipinski definition) is 2. The van der Waals surface area contributed by atoms with Crippen molar-refractivity contribution < 1.29 is 9.59 Å². The molecule has 0 aliphatic rings. The highest BCUT2D eigenvalue weighted by atomic mass is 16.2. The van der Waals surface area contributed by atoms with E-state index < -0.39 is 0 Å². The van der Waals surface area contributed by atoms with Crippen molar-refractivity contribution >= 4 is 23.2 Å². The molecule has 3 aromatic rings. The molecular formula is C23H22N2O2. The first-order valence-electron chi connectivity index (χ1n) is 8.84. The second-order valence-electron chi connectivity index (χ2n) is 6.48. The SMILES string of the molecule is CC(=O)Nc1cc(NC(C)=O)cc(-c2ccccc2Cc2ccccc2)c1. The van der Waals surface area contributed by atoms with E-state index in [9.17, 15) is 9.59 Å². The Labute approximate surface area is 159 Å². The molecule has 0 atom stereocenters. The summed E-state index contributed by atoms with van der Waals surface area (Å²) in [6.45, 7) is 2.93. The van der Waals surface area contributed by atoms with Gasteiger partial charge < -0.3 is 10.6 Å². The second kappa shape index (κ2) is 8.32. The first-order chi connectivity index (χ1) is 13.0. The summed E-state index contributed by atoms with van der Waals surface area (Å²) in [5.74, 6) is -0.308. The van der Waals surface area contributed by atoms with E-state index in [2.05, 4.69) is 34.9 Å². The van der Waals surface area contributed by atoms with Gasteiger partial charge in [0.25, 0.3) is 0 Å². The molecule has 3 rings (SSSR count). The molecule has 0 heterocycles. The molecule has 0 aromatic heterocycles. The molecule has 0 bridgehead atoms. The van der Waals surface area contributed by atoms with Gasteiger partial charge >= 0.3 is 0 Å². The Kier molecular flexibility index (Phi) is 5.67. The maximum Gasteiger partial charge on any atom is 0.221 e. The third kappa shape index (κ3) is 5.05. The Balaban J connectivity index is 2.04. The summed E-state index contributed by atoms with van der Waals surface area (Å²) >= 11 is 0. The molecule has 4 heteroatoms. The van der Waals surface area contributed by atoms with Gasteiger partial charge in [0.1, 0.15) is 0 Å². The van der Waals surface area contributed by atoms with E-state index >= 15 is 0 Å². The Bertz CT molecular complexity index is 931. The maximum absolute atomic E-state index is 11.5. The van der Waals surface area contributed by atoms with Gasteiger partial charge in [-0.25, -0.2) is 0 Å². The fourth-order valence-corrected chi connectivity index (χ4v) is 3.11. The normalized spacial score (nSPS) is 10.3. The first kappa shape index (κ1) is 18.4. The van der Waals surface area contributed by atoms with Crippen LogP contribution in [0.2, 0.25) is 0 Å². The predicted octanol–water partition coefficient (Wildman–Crippen LogP) is 4.86. The molecule has 0 aliphatic carbocycles. The summed E-state index contributed by atoms with van der Waals surface area (Å²) in [7, 11) is 0. The summed E-state index contributed by atoms with van der Waals surface area (Å²) < 4.78 is 0. The van der Waals surface area contributed by atoms with Crippen LogP contribution >= 0.6 is 0 Å². The van der Waals surface area contributed by atoms with Gasteiger partial charge in [0.2, 0.25) is 11.8 Å². The number of rotatable bonds is 5. The molecule has 27 heavy (non-hydrogen) atoms. The minimum absolute atomic E-state index is 0.154. The van der Waals surface area contributed by atoms with Gasteiger partial charge in [-0.1, -0.05) is 54.6 Å². The molecule has 136 valence electrons. The monoisotopic (exact) mass is 358 g/mol. The Morgan fingerprint density at radius 1 is 0.741 bits per heavy atom. The second-order valence-corrected chi connectivity index (χ2v) is 6.48. The van der Waals surface area contributed by atoms with Gasteiger partial charge in [-0.2, -0.15) is 0 Å². The molecule has 0 saturated heterocycles. The number of carbonyl (C=O) groups is 2. The highest BCUT2D eigenvalue weighted by Gasteiger charge is 2.10. The van der Waals surface area contributed by atoms with Gasteiger partial charge in [0.15, 0.2) is 0 Å². The largest absolute Gasteiger partial charge is 0.326 e. The lowest BCUT2D eigenvalue weighted by molar-refractivity contribution is -0.115. The zero-order valence-electron chi connectivity index (χ0n) is 15.5. The van der Waals surface area contributed by atoms with Crippen LogP contribution in [0, 0.1) is 0 Å². The molecule has 0 fully saturated rings. The Morgan fingerprint density at radius 2 is 1.30 bits per heavy atom. The van der Waals surface area contributed by atoms with Crippen LogP contribution in [-0.4, -0.2) is 11.8 Å². The minimum Gasteiger partial charge on any atom is -0.326 e. The molecule has 0 aliphatic heterocycles. The minimum atomic E-state index is -0.154. The summed E-state index contributed by atoms with van der Waals surface area (Å²) in [6.07, 6.45) is 0.802. The predicted molar refractivity (Wildman–Crippen MR) is 110 cm³/mol. The van der Waals surface area contributed by atoms with E-state index in [4.69, 9.17) is 0 Å². The number of anilines is 2. The zero-order chi connectivity index (χ0) is 19.2. The summed E-state index contributed by atoms with van der Waals surface area (Å²) in [5.41, 5.74) is 5.72. The molecule has 0 spiro atoms. The molecule has 2 N–H and O–H groups in total. The zero-order valence-corrected chi connectivity index (χ0v) is 15.5. The number of carbonyl (C=O) groups excluding carboxylic acids is 2. The van der Waals surface area contributed by atoms with E-state index in [1.165, 1.54) is 25.0 Å². The lowest BCUT2D eigenvalue weighted by Gasteiger charge is -2.14. The van der Waals surface area contributed by atoms with Crippen LogP contribution in [0.25, 0.3) is 11.1 Å². The Hall–Kier alpha value is -3.40. The van der Waals surface area contributed by atoms with Crippen LogP contribution < -0.4 is 10.6 Å². The average molecular weight is 358 g/mol. The van der Waals surface area contributed by atoms with Crippen LogP contribution in [0.5, 0.6) is 0 Å². The fourth-order valence-electron chi connectivity index (χ4n) is 3.11. The molecule has 4 nitrogen and oxygen atoms in total. The van der Waals surface area contributed by atoms with Crippen molar-refractivity contribution in [3.8, 4) is 11.1 Å². The van der Waals surface area contributed by atoms with Crippen LogP contribution in [-0.2, 0) is 16.0 Å². The molecule has 0 radical (unpaired) electrons. The summed E-state index contributed by atoms with van der Waals surface area (Å²) in [4.78, 5) is 23.0. The van der Waals surface area contributed by atoms with Crippen molar-refractivity contribution in [3.63, 3.8) is 0 Å². The van der Waals surface area contributed by atoms with Crippen LogP contribution in [0.4, 0.5) is 11.4 Å². The van der Waals surface area contributed by atoms with E-state index in [0.29, 0.717) is 11.4 Å². The lowest BCUT2D eigenvalue weighted by atomic mass is 9.94. The molecule has 0 saturated carbocycles. The van der Waals surface area contributed by atoms with Crippen molar-refractivity contribution in [2.45, 2.75) is 20.3 Å². The summed E-state index contributed by atoms with van der Waals surface area (Å²) in [5, 5.41) is 5.62. The van der Waals surface area contributed by atoms with Crippen molar-refractivity contribution in [3.05, 3.63) is 83.9 Å². The molecular weight excluding hydrogens is 336 g/mol. The molecule has 3 aromatic carbocycles. The van der Waals surface area contributed by atoms with Gasteiger partial charge in [0, 0.05) is 25.2 Å². The maximum atomic E-state index is 11.5. The fraction of sp³-hybridized carbons (Fsp3) is 0.130. The average Bonchev–Trinajstić information content (AvgIpc) is 2.61. The van der Waals surface area contributed by atoms with Crippen LogP contribution in [0.15, 0.2) is 72.8 Å². The van der Waals surface area contributed by atoms with Crippen molar-refractivity contribution in [1.29, 1.82) is 0 Å². The van der Waals surface area contributed by atoms with E-state index in [-0.39, 0.29) is 11.8 Å². The van der Waals surface area contributed by atoms with E-state index in [1.807, 2.05) is 42.5 Å². The molecule has 0 unspecified atom stereocenters. The topological polar surface area (TPSA) is 58.2 Å². The van der Waals surface area contributed by atoms with Crippen molar-refractivity contribution in [1.82, 2.24) is 0 Å². The smallest absolute Gasteiger partial charge is 0.221 e. The number of hydrogen-bond acceptors (Lipinski definition) is 2. The first-order valence-corrected chi connectivity index (χ1v) is 8.84. The van der Waals surface area contributed by atoms with Crippen LogP contribution in [0.1, 0.15) is 25.0 Å². The number of benzene rings is 3. The van der Waals surface area contributed by atoms with E-state index in [0.717, 1.165) is 17.5 Å². The van der Waals surface area contributed by atoms with Gasteiger partial charge in [0.05, 0.1) is 0 Å². The summed E-state index contributed by atoms with van der Waals surface area (Å²) in [6, 6.07) is 24.1. The highest BCUT2D eigenvalue weighted by Crippen LogP contribution is 2.31. The van der Waals surface area contributed by atoms with Crippen molar-refractivity contribution in [2.75, 3.05) is 10.6 Å². The molecule has 2 amide bonds. The third-order valence-electron chi connectivity index (χ3n) is 4.14. The number of amides is 2. The van der Waals surface area contributed by atoms with Gasteiger partial charge in [-0.3, -0.25) is 9.59 Å². The quantitative estimate of drug-likeness (QED) is 0.684. The Morgan fingerprint density at radius 3 is 1.89 bits per heavy atom. The van der Waals surface area contributed by atoms with Gasteiger partial charge in [-0.05, 0) is 46.9 Å². The van der Waals surface area contributed by atoms with Crippen LogP contribution in [0.3, 0.4) is 0 Å². The third-order valence-corrected chi connectivity index (χ3v) is 4.14.